The lowest BCUT2D eigenvalue weighted by Gasteiger charge is -2.05. The lowest BCUT2D eigenvalue weighted by molar-refractivity contribution is 0.0992. The molecule has 0 amide bonds. The molecule has 2 aromatic rings. The number of halogens is 2. The maximum Gasteiger partial charge on any atom is 0.167 e. The summed E-state index contributed by atoms with van der Waals surface area (Å²) >= 11 is 5.87. The van der Waals surface area contributed by atoms with E-state index < -0.39 is 5.82 Å². The number of hydrogen-bond acceptors (Lipinski definition) is 2. The van der Waals surface area contributed by atoms with Gasteiger partial charge >= 0.3 is 0 Å². The van der Waals surface area contributed by atoms with Gasteiger partial charge in [0.15, 0.2) is 5.78 Å². The third-order valence-corrected chi connectivity index (χ3v) is 2.99. The van der Waals surface area contributed by atoms with Gasteiger partial charge in [-0.1, -0.05) is 17.7 Å². The third-order valence-electron chi connectivity index (χ3n) is 2.63. The fourth-order valence-electron chi connectivity index (χ4n) is 1.63. The van der Waals surface area contributed by atoms with Crippen LogP contribution in [0.25, 0.3) is 0 Å². The summed E-state index contributed by atoms with van der Waals surface area (Å²) < 4.78 is 13.5. The van der Waals surface area contributed by atoms with E-state index in [9.17, 15) is 9.18 Å². The van der Waals surface area contributed by atoms with E-state index >= 15 is 0 Å². The molecule has 0 bridgehead atoms. The molecule has 2 aromatic carbocycles. The normalized spacial score (nSPS) is 10.3. The molecule has 0 atom stereocenters. The van der Waals surface area contributed by atoms with Crippen molar-refractivity contribution in [3.05, 3.63) is 64.4 Å². The summed E-state index contributed by atoms with van der Waals surface area (Å²) in [7, 11) is 0. The minimum Gasteiger partial charge on any atom is -0.399 e. The number of carbonyl (C=O) groups is 1. The molecule has 0 saturated carbocycles. The van der Waals surface area contributed by atoms with Gasteiger partial charge in [0.05, 0.1) is 0 Å². The molecule has 2 rings (SSSR count). The van der Waals surface area contributed by atoms with E-state index in [-0.39, 0.29) is 22.8 Å². The van der Waals surface area contributed by atoms with Crippen LogP contribution in [0.4, 0.5) is 10.1 Å². The van der Waals surface area contributed by atoms with Gasteiger partial charge in [0.25, 0.3) is 0 Å². The van der Waals surface area contributed by atoms with E-state index in [1.54, 1.807) is 30.3 Å². The first-order chi connectivity index (χ1) is 8.58. The molecule has 0 spiro atoms. The number of hydrogen-bond donors (Lipinski definition) is 1. The van der Waals surface area contributed by atoms with Crippen molar-refractivity contribution in [1.29, 1.82) is 0 Å². The zero-order chi connectivity index (χ0) is 13.1. The van der Waals surface area contributed by atoms with Crippen molar-refractivity contribution in [3.8, 4) is 0 Å². The maximum atomic E-state index is 13.5. The number of anilines is 1. The van der Waals surface area contributed by atoms with E-state index in [0.717, 1.165) is 0 Å². The SMILES string of the molecule is Nc1ccc(C(=O)Cc2c(F)cccc2Cl)cc1. The maximum absolute atomic E-state index is 13.5. The topological polar surface area (TPSA) is 43.1 Å². The quantitative estimate of drug-likeness (QED) is 0.680. The molecule has 0 aliphatic carbocycles. The summed E-state index contributed by atoms with van der Waals surface area (Å²) in [6.07, 6.45) is -0.0601. The number of nitrogen functional groups attached to an aromatic ring is 1. The fourth-order valence-corrected chi connectivity index (χ4v) is 1.86. The molecular weight excluding hydrogens is 253 g/mol. The monoisotopic (exact) mass is 263 g/mol. The summed E-state index contributed by atoms with van der Waals surface area (Å²) in [4.78, 5) is 12.0. The Morgan fingerprint density at radius 3 is 2.44 bits per heavy atom. The van der Waals surface area contributed by atoms with Crippen molar-refractivity contribution in [1.82, 2.24) is 0 Å². The van der Waals surface area contributed by atoms with E-state index in [1.165, 1.54) is 12.1 Å². The number of ketones is 1. The van der Waals surface area contributed by atoms with Gasteiger partial charge in [-0.05, 0) is 36.4 Å². The summed E-state index contributed by atoms with van der Waals surface area (Å²) in [6, 6.07) is 10.9. The van der Waals surface area contributed by atoms with Crippen molar-refractivity contribution in [3.63, 3.8) is 0 Å². The second-order valence-electron chi connectivity index (χ2n) is 3.92. The number of rotatable bonds is 3. The molecule has 0 heterocycles. The molecular formula is C14H11ClFNO. The average molecular weight is 264 g/mol. The van der Waals surface area contributed by atoms with E-state index in [4.69, 9.17) is 17.3 Å². The molecule has 0 aromatic heterocycles. The van der Waals surface area contributed by atoms with Crippen LogP contribution in [0.15, 0.2) is 42.5 Å². The molecule has 2 nitrogen and oxygen atoms in total. The highest BCUT2D eigenvalue weighted by molar-refractivity contribution is 6.31. The van der Waals surface area contributed by atoms with Crippen molar-refractivity contribution in [2.24, 2.45) is 0 Å². The molecule has 0 unspecified atom stereocenters. The van der Waals surface area contributed by atoms with E-state index in [2.05, 4.69) is 0 Å². The van der Waals surface area contributed by atoms with Crippen molar-refractivity contribution in [2.45, 2.75) is 6.42 Å². The summed E-state index contributed by atoms with van der Waals surface area (Å²) in [6.45, 7) is 0. The van der Waals surface area contributed by atoms with E-state index in [0.29, 0.717) is 11.3 Å². The lowest BCUT2D eigenvalue weighted by Crippen LogP contribution is -2.06. The largest absolute Gasteiger partial charge is 0.399 e. The van der Waals surface area contributed by atoms with Crippen LogP contribution in [-0.4, -0.2) is 5.78 Å². The molecule has 0 radical (unpaired) electrons. The highest BCUT2D eigenvalue weighted by Gasteiger charge is 2.13. The molecule has 0 fully saturated rings. The highest BCUT2D eigenvalue weighted by atomic mass is 35.5. The van der Waals surface area contributed by atoms with Gasteiger partial charge in [-0.25, -0.2) is 4.39 Å². The zero-order valence-corrected chi connectivity index (χ0v) is 10.2. The Hall–Kier alpha value is -1.87. The fraction of sp³-hybridized carbons (Fsp3) is 0.0714. The Morgan fingerprint density at radius 1 is 1.17 bits per heavy atom. The van der Waals surface area contributed by atoms with Crippen LogP contribution in [-0.2, 0) is 6.42 Å². The van der Waals surface area contributed by atoms with Gasteiger partial charge < -0.3 is 5.73 Å². The molecule has 4 heteroatoms. The van der Waals surface area contributed by atoms with Crippen molar-refractivity contribution >= 4 is 23.1 Å². The number of nitrogens with two attached hydrogens (primary N) is 1. The predicted octanol–water partition coefficient (Wildman–Crippen LogP) is 3.49. The van der Waals surface area contributed by atoms with Crippen molar-refractivity contribution in [2.75, 3.05) is 5.73 Å². The second-order valence-corrected chi connectivity index (χ2v) is 4.33. The van der Waals surface area contributed by atoms with Crippen LogP contribution in [0.5, 0.6) is 0 Å². The van der Waals surface area contributed by atoms with Gasteiger partial charge in [-0.2, -0.15) is 0 Å². The Balaban J connectivity index is 2.24. The standard InChI is InChI=1S/C14H11ClFNO/c15-12-2-1-3-13(16)11(12)8-14(18)9-4-6-10(17)7-5-9/h1-7H,8,17H2. The highest BCUT2D eigenvalue weighted by Crippen LogP contribution is 2.21. The van der Waals surface area contributed by atoms with Crippen LogP contribution in [0.1, 0.15) is 15.9 Å². The Bertz CT molecular complexity index is 561. The van der Waals surface area contributed by atoms with Crippen LogP contribution in [0, 0.1) is 5.82 Å². The van der Waals surface area contributed by atoms with E-state index in [1.807, 2.05) is 0 Å². The molecule has 0 aliphatic heterocycles. The smallest absolute Gasteiger partial charge is 0.167 e. The summed E-state index contributed by atoms with van der Waals surface area (Å²) in [5, 5.41) is 0.263. The van der Waals surface area contributed by atoms with Crippen LogP contribution < -0.4 is 5.73 Å². The lowest BCUT2D eigenvalue weighted by atomic mass is 10.0. The zero-order valence-electron chi connectivity index (χ0n) is 9.49. The first kappa shape index (κ1) is 12.6. The van der Waals surface area contributed by atoms with Gasteiger partial charge in [0, 0.05) is 28.3 Å². The van der Waals surface area contributed by atoms with Crippen LogP contribution >= 0.6 is 11.6 Å². The first-order valence-electron chi connectivity index (χ1n) is 5.39. The Morgan fingerprint density at radius 2 is 1.83 bits per heavy atom. The van der Waals surface area contributed by atoms with Gasteiger partial charge in [-0.3, -0.25) is 4.79 Å². The summed E-state index contributed by atoms with van der Waals surface area (Å²) in [5.74, 6) is -0.659. The minimum atomic E-state index is -0.466. The molecule has 92 valence electrons. The second kappa shape index (κ2) is 5.19. The van der Waals surface area contributed by atoms with Crippen molar-refractivity contribution < 1.29 is 9.18 Å². The predicted molar refractivity (Wildman–Crippen MR) is 70.3 cm³/mol. The van der Waals surface area contributed by atoms with Gasteiger partial charge in [0.2, 0.25) is 0 Å². The van der Waals surface area contributed by atoms with Crippen LogP contribution in [0.3, 0.4) is 0 Å². The Kier molecular flexibility index (Phi) is 3.63. The summed E-state index contributed by atoms with van der Waals surface area (Å²) in [5.41, 5.74) is 6.83. The number of Topliss-reactive ketones (excluding diaryl/α,β-unsaturated/α-hetero) is 1. The minimum absolute atomic E-state index is 0.0601. The molecule has 0 saturated heterocycles. The third kappa shape index (κ3) is 2.68. The molecule has 18 heavy (non-hydrogen) atoms. The molecule has 0 aliphatic rings. The van der Waals surface area contributed by atoms with Gasteiger partial charge in [-0.15, -0.1) is 0 Å². The number of benzene rings is 2. The number of carbonyl (C=O) groups excluding carboxylic acids is 1. The first-order valence-corrected chi connectivity index (χ1v) is 5.77. The Labute approximate surface area is 109 Å². The molecule has 2 N–H and O–H groups in total. The van der Waals surface area contributed by atoms with Crippen LogP contribution in [0.2, 0.25) is 5.02 Å². The van der Waals surface area contributed by atoms with Gasteiger partial charge in [0.1, 0.15) is 5.82 Å². The average Bonchev–Trinajstić information content (AvgIpc) is 2.34.